The maximum atomic E-state index is 12.4. The third-order valence-corrected chi connectivity index (χ3v) is 4.41. The topological polar surface area (TPSA) is 110 Å². The van der Waals surface area contributed by atoms with Crippen molar-refractivity contribution in [1.82, 2.24) is 25.3 Å². The van der Waals surface area contributed by atoms with Gasteiger partial charge in [-0.3, -0.25) is 14.6 Å². The normalized spacial score (nSPS) is 16.9. The molecule has 1 atom stereocenters. The maximum absolute atomic E-state index is 12.4. The largest absolute Gasteiger partial charge is 0.375 e. The van der Waals surface area contributed by atoms with E-state index in [1.54, 1.807) is 17.2 Å². The monoisotopic (exact) mass is 373 g/mol. The lowest BCUT2D eigenvalue weighted by Crippen LogP contribution is -2.46. The van der Waals surface area contributed by atoms with Gasteiger partial charge in [0.15, 0.2) is 0 Å². The minimum Gasteiger partial charge on any atom is -0.375 e. The van der Waals surface area contributed by atoms with Crippen molar-refractivity contribution in [2.75, 3.05) is 33.4 Å². The molecule has 9 heteroatoms. The molecule has 0 aliphatic carbocycles. The van der Waals surface area contributed by atoms with Crippen LogP contribution < -0.4 is 5.32 Å². The number of aromatic nitrogens is 3. The molecular formula is C18H23N5O4. The summed E-state index contributed by atoms with van der Waals surface area (Å²) in [6.07, 6.45) is 3.68. The fraction of sp³-hybridized carbons (Fsp3) is 0.500. The first-order chi connectivity index (χ1) is 13.2. The van der Waals surface area contributed by atoms with Gasteiger partial charge in [0, 0.05) is 39.4 Å². The molecule has 0 bridgehead atoms. The van der Waals surface area contributed by atoms with Crippen molar-refractivity contribution in [2.45, 2.75) is 19.3 Å². The fourth-order valence-corrected chi connectivity index (χ4v) is 3.02. The van der Waals surface area contributed by atoms with Gasteiger partial charge in [-0.05, 0) is 25.0 Å². The number of rotatable bonds is 7. The summed E-state index contributed by atoms with van der Waals surface area (Å²) in [5.41, 5.74) is 0.638. The molecule has 0 spiro atoms. The molecule has 1 N–H and O–H groups in total. The highest BCUT2D eigenvalue weighted by atomic mass is 16.5. The zero-order valence-electron chi connectivity index (χ0n) is 15.3. The standard InChI is InChI=1S/C18H23N5O4/c1-26-12-16(24)23-10-4-5-13(11-23)18(25)20-9-7-15-21-17(22-27-15)14-6-2-3-8-19-14/h2-3,6,8,13H,4-5,7,9-12H2,1H3,(H,20,25)/t13-/m1/s1. The smallest absolute Gasteiger partial charge is 0.248 e. The maximum Gasteiger partial charge on any atom is 0.248 e. The van der Waals surface area contributed by atoms with Crippen molar-refractivity contribution in [2.24, 2.45) is 5.92 Å². The summed E-state index contributed by atoms with van der Waals surface area (Å²) < 4.78 is 10.1. The number of methoxy groups -OCH3 is 1. The highest BCUT2D eigenvalue weighted by Crippen LogP contribution is 2.17. The van der Waals surface area contributed by atoms with E-state index in [0.717, 1.165) is 12.8 Å². The van der Waals surface area contributed by atoms with Gasteiger partial charge < -0.3 is 19.5 Å². The number of ether oxygens (including phenoxy) is 1. The summed E-state index contributed by atoms with van der Waals surface area (Å²) in [7, 11) is 1.49. The van der Waals surface area contributed by atoms with E-state index in [0.29, 0.717) is 43.5 Å². The lowest BCUT2D eigenvalue weighted by Gasteiger charge is -2.31. The molecule has 3 heterocycles. The van der Waals surface area contributed by atoms with Crippen LogP contribution in [0.1, 0.15) is 18.7 Å². The summed E-state index contributed by atoms with van der Waals surface area (Å²) in [5, 5.41) is 6.79. The first-order valence-corrected chi connectivity index (χ1v) is 8.96. The fourth-order valence-electron chi connectivity index (χ4n) is 3.02. The molecule has 0 radical (unpaired) electrons. The van der Waals surface area contributed by atoms with Gasteiger partial charge in [0.05, 0.1) is 5.92 Å². The van der Waals surface area contributed by atoms with Crippen LogP contribution in [0.3, 0.4) is 0 Å². The molecule has 2 amide bonds. The number of likely N-dealkylation sites (tertiary alicyclic amines) is 1. The lowest BCUT2D eigenvalue weighted by molar-refractivity contribution is -0.138. The molecule has 2 aromatic rings. The number of nitrogens with one attached hydrogen (secondary N) is 1. The van der Waals surface area contributed by atoms with Crippen LogP contribution in [0, 0.1) is 5.92 Å². The van der Waals surface area contributed by atoms with Crippen molar-refractivity contribution in [3.8, 4) is 11.5 Å². The molecule has 1 fully saturated rings. The first-order valence-electron chi connectivity index (χ1n) is 8.96. The molecule has 0 unspecified atom stereocenters. The van der Waals surface area contributed by atoms with E-state index >= 15 is 0 Å². The number of hydrogen-bond donors (Lipinski definition) is 1. The minimum absolute atomic E-state index is 0.0457. The molecule has 9 nitrogen and oxygen atoms in total. The van der Waals surface area contributed by atoms with Crippen molar-refractivity contribution in [1.29, 1.82) is 0 Å². The molecule has 144 valence electrons. The van der Waals surface area contributed by atoms with Crippen LogP contribution in [-0.2, 0) is 20.7 Å². The van der Waals surface area contributed by atoms with Gasteiger partial charge in [0.25, 0.3) is 0 Å². The minimum atomic E-state index is -0.202. The van der Waals surface area contributed by atoms with Gasteiger partial charge in [0.2, 0.25) is 23.5 Å². The van der Waals surface area contributed by atoms with Gasteiger partial charge in [-0.1, -0.05) is 11.2 Å². The Morgan fingerprint density at radius 1 is 1.41 bits per heavy atom. The Kier molecular flexibility index (Phi) is 6.48. The van der Waals surface area contributed by atoms with Gasteiger partial charge in [-0.2, -0.15) is 4.98 Å². The lowest BCUT2D eigenvalue weighted by atomic mass is 9.97. The van der Waals surface area contributed by atoms with E-state index in [-0.39, 0.29) is 24.3 Å². The molecule has 1 aliphatic rings. The molecule has 1 aliphatic heterocycles. The molecule has 0 saturated carbocycles. The second-order valence-electron chi connectivity index (χ2n) is 6.38. The molecule has 1 saturated heterocycles. The summed E-state index contributed by atoms with van der Waals surface area (Å²) in [4.78, 5) is 34.5. The van der Waals surface area contributed by atoms with E-state index in [1.165, 1.54) is 7.11 Å². The van der Waals surface area contributed by atoms with Gasteiger partial charge in [-0.15, -0.1) is 0 Å². The van der Waals surface area contributed by atoms with E-state index in [1.807, 2.05) is 12.1 Å². The Balaban J connectivity index is 1.45. The van der Waals surface area contributed by atoms with Crippen LogP contribution in [0.5, 0.6) is 0 Å². The van der Waals surface area contributed by atoms with Crippen LogP contribution >= 0.6 is 0 Å². The van der Waals surface area contributed by atoms with Crippen LogP contribution in [0.15, 0.2) is 28.9 Å². The highest BCUT2D eigenvalue weighted by Gasteiger charge is 2.28. The van der Waals surface area contributed by atoms with Crippen molar-refractivity contribution in [3.63, 3.8) is 0 Å². The summed E-state index contributed by atoms with van der Waals surface area (Å²) in [6.45, 7) is 1.54. The first kappa shape index (κ1) is 19.0. The molecule has 0 aromatic carbocycles. The Bertz CT molecular complexity index is 764. The predicted octanol–water partition coefficient (Wildman–Crippen LogP) is 0.675. The number of amides is 2. The Labute approximate surface area is 157 Å². The van der Waals surface area contributed by atoms with Gasteiger partial charge >= 0.3 is 0 Å². The van der Waals surface area contributed by atoms with Crippen molar-refractivity contribution in [3.05, 3.63) is 30.3 Å². The van der Waals surface area contributed by atoms with E-state index in [4.69, 9.17) is 9.26 Å². The number of piperidine rings is 1. The van der Waals surface area contributed by atoms with E-state index in [2.05, 4.69) is 20.4 Å². The van der Waals surface area contributed by atoms with Crippen LogP contribution in [0.4, 0.5) is 0 Å². The van der Waals surface area contributed by atoms with Gasteiger partial charge in [0.1, 0.15) is 12.3 Å². The zero-order chi connectivity index (χ0) is 19.1. The summed E-state index contributed by atoms with van der Waals surface area (Å²) in [5.74, 6) is 0.525. The summed E-state index contributed by atoms with van der Waals surface area (Å²) >= 11 is 0. The summed E-state index contributed by atoms with van der Waals surface area (Å²) in [6, 6.07) is 5.47. The molecule has 3 rings (SSSR count). The Morgan fingerprint density at radius 3 is 3.07 bits per heavy atom. The third kappa shape index (κ3) is 5.10. The van der Waals surface area contributed by atoms with Crippen molar-refractivity contribution >= 4 is 11.8 Å². The number of hydrogen-bond acceptors (Lipinski definition) is 7. The van der Waals surface area contributed by atoms with Crippen molar-refractivity contribution < 1.29 is 18.8 Å². The van der Waals surface area contributed by atoms with Crippen LogP contribution in [0.2, 0.25) is 0 Å². The zero-order valence-corrected chi connectivity index (χ0v) is 15.3. The number of pyridine rings is 1. The second-order valence-corrected chi connectivity index (χ2v) is 6.38. The predicted molar refractivity (Wildman–Crippen MR) is 95.4 cm³/mol. The average molecular weight is 373 g/mol. The molecular weight excluding hydrogens is 350 g/mol. The van der Waals surface area contributed by atoms with E-state index < -0.39 is 0 Å². The number of nitrogens with zero attached hydrogens (tertiary/aromatic N) is 4. The third-order valence-electron chi connectivity index (χ3n) is 4.41. The van der Waals surface area contributed by atoms with Gasteiger partial charge in [-0.25, -0.2) is 0 Å². The molecule has 2 aromatic heterocycles. The average Bonchev–Trinajstić information content (AvgIpc) is 3.18. The number of carbonyl (C=O) groups is 2. The SMILES string of the molecule is COCC(=O)N1CCC[C@@H](C(=O)NCCc2nc(-c3ccccn3)no2)C1. The Morgan fingerprint density at radius 2 is 2.30 bits per heavy atom. The molecule has 27 heavy (non-hydrogen) atoms. The second kappa shape index (κ2) is 9.22. The van der Waals surface area contributed by atoms with E-state index in [9.17, 15) is 9.59 Å². The quantitative estimate of drug-likeness (QED) is 0.759. The highest BCUT2D eigenvalue weighted by molar-refractivity contribution is 5.81. The van der Waals surface area contributed by atoms with Crippen LogP contribution in [-0.4, -0.2) is 65.2 Å². The number of carbonyl (C=O) groups excluding carboxylic acids is 2. The van der Waals surface area contributed by atoms with Crippen LogP contribution in [0.25, 0.3) is 11.5 Å². The Hall–Kier alpha value is -2.81.